The van der Waals surface area contributed by atoms with E-state index in [1.165, 1.54) is 12.1 Å². The molecule has 1 aliphatic heterocycles. The summed E-state index contributed by atoms with van der Waals surface area (Å²) in [6.07, 6.45) is 0.362. The minimum Gasteiger partial charge on any atom is -0.444 e. The minimum atomic E-state index is -0.555. The fraction of sp³-hybridized carbons (Fsp3) is 0.444. The first-order valence-electron chi connectivity index (χ1n) is 12.2. The number of aromatic nitrogens is 2. The highest BCUT2D eigenvalue weighted by molar-refractivity contribution is 5.95. The fourth-order valence-electron chi connectivity index (χ4n) is 4.43. The van der Waals surface area contributed by atoms with E-state index in [-0.39, 0.29) is 29.5 Å². The van der Waals surface area contributed by atoms with Crippen molar-refractivity contribution < 1.29 is 18.7 Å². The van der Waals surface area contributed by atoms with Crippen molar-refractivity contribution in [3.05, 3.63) is 54.1 Å². The molecule has 4 N–H and O–H groups in total. The molecule has 1 unspecified atom stereocenters. The van der Waals surface area contributed by atoms with Gasteiger partial charge in [0.15, 0.2) is 5.82 Å². The van der Waals surface area contributed by atoms with E-state index in [4.69, 9.17) is 4.74 Å². The highest BCUT2D eigenvalue weighted by Crippen LogP contribution is 2.27. The van der Waals surface area contributed by atoms with Crippen LogP contribution in [0.3, 0.4) is 0 Å². The fourth-order valence-corrected chi connectivity index (χ4v) is 4.43. The van der Waals surface area contributed by atoms with Crippen LogP contribution in [0.4, 0.5) is 9.18 Å². The summed E-state index contributed by atoms with van der Waals surface area (Å²) in [6, 6.07) is 12.0. The lowest BCUT2D eigenvalue weighted by atomic mass is 9.85. The Hall–Kier alpha value is -3.46. The van der Waals surface area contributed by atoms with Crippen LogP contribution in [0.1, 0.15) is 51.7 Å². The number of imidazole rings is 1. The number of ether oxygens (including phenoxy) is 1. The zero-order valence-electron chi connectivity index (χ0n) is 21.4. The summed E-state index contributed by atoms with van der Waals surface area (Å²) < 4.78 is 18.6. The number of hydrogen-bond acceptors (Lipinski definition) is 5. The lowest BCUT2D eigenvalue weighted by Gasteiger charge is -2.33. The van der Waals surface area contributed by atoms with Crippen molar-refractivity contribution in [1.82, 2.24) is 25.9 Å². The summed E-state index contributed by atoms with van der Waals surface area (Å²) in [7, 11) is 0. The first-order valence-corrected chi connectivity index (χ1v) is 12.2. The van der Waals surface area contributed by atoms with Crippen LogP contribution in [-0.4, -0.2) is 52.2 Å². The number of alkyl carbamates (subject to hydrolysis) is 1. The molecular formula is C27H34FN5O3. The molecule has 0 aliphatic carbocycles. The van der Waals surface area contributed by atoms with E-state index in [0.29, 0.717) is 12.1 Å². The van der Waals surface area contributed by atoms with Gasteiger partial charge in [0.25, 0.3) is 5.91 Å². The van der Waals surface area contributed by atoms with Gasteiger partial charge in [0.05, 0.1) is 11.0 Å². The maximum absolute atomic E-state index is 13.2. The Morgan fingerprint density at radius 1 is 1.08 bits per heavy atom. The molecule has 3 aromatic rings. The number of carbonyl (C=O) groups is 2. The van der Waals surface area contributed by atoms with Gasteiger partial charge in [0.2, 0.25) is 0 Å². The Morgan fingerprint density at radius 2 is 1.78 bits per heavy atom. The van der Waals surface area contributed by atoms with Crippen molar-refractivity contribution in [2.24, 2.45) is 5.92 Å². The molecule has 0 spiro atoms. The maximum Gasteiger partial charge on any atom is 0.408 e. The van der Waals surface area contributed by atoms with Crippen LogP contribution in [0, 0.1) is 11.7 Å². The normalized spacial score (nSPS) is 18.3. The molecule has 36 heavy (non-hydrogen) atoms. The number of carbonyl (C=O) groups excluding carboxylic acids is 2. The molecule has 1 fully saturated rings. The molecule has 2 atom stereocenters. The number of nitrogens with zero attached hydrogens (tertiary/aromatic N) is 1. The van der Waals surface area contributed by atoms with E-state index in [1.807, 2.05) is 52.8 Å². The van der Waals surface area contributed by atoms with Gasteiger partial charge in [-0.1, -0.05) is 18.2 Å². The Labute approximate surface area is 210 Å². The number of hydrogen-bond donors (Lipinski definition) is 4. The predicted octanol–water partition coefficient (Wildman–Crippen LogP) is 4.38. The van der Waals surface area contributed by atoms with Crippen molar-refractivity contribution in [1.29, 1.82) is 0 Å². The first-order chi connectivity index (χ1) is 16.9. The quantitative estimate of drug-likeness (QED) is 0.406. The Morgan fingerprint density at radius 3 is 2.47 bits per heavy atom. The second-order valence-corrected chi connectivity index (χ2v) is 10.9. The predicted molar refractivity (Wildman–Crippen MR) is 137 cm³/mol. The number of fused-ring (bicyclic) bond motifs is 1. The average Bonchev–Trinajstić information content (AvgIpc) is 3.43. The Balaban J connectivity index is 1.33. The summed E-state index contributed by atoms with van der Waals surface area (Å²) in [6.45, 7) is 10.6. The van der Waals surface area contributed by atoms with Crippen LogP contribution in [0.15, 0.2) is 42.5 Å². The summed E-state index contributed by atoms with van der Waals surface area (Å²) >= 11 is 0. The van der Waals surface area contributed by atoms with Gasteiger partial charge in [-0.05, 0) is 82.3 Å². The SMILES string of the molecule is CC(C)(C)OC(=O)NC(C)(C)[C@@H]1CNC(CNC(=O)c2nc3ccc(-c4ccc(F)cc4)cc3[nH]2)C1. The standard InChI is InChI=1S/C27H34FN5O3/c1-26(2,3)36-25(35)33-27(4,5)18-13-20(29-14-18)15-30-24(34)23-31-21-11-8-17(12-22(21)32-23)16-6-9-19(28)10-7-16/h6-12,18,20,29H,13-15H2,1-5H3,(H,30,34)(H,31,32)(H,33,35)/t18-,20?/m0/s1. The van der Waals surface area contributed by atoms with E-state index < -0.39 is 17.2 Å². The highest BCUT2D eigenvalue weighted by atomic mass is 19.1. The summed E-state index contributed by atoms with van der Waals surface area (Å²) in [5.74, 6) is -0.150. The molecule has 2 heterocycles. The lowest BCUT2D eigenvalue weighted by molar-refractivity contribution is 0.0440. The monoisotopic (exact) mass is 495 g/mol. The molecule has 8 nitrogen and oxygen atoms in total. The number of nitrogens with one attached hydrogen (secondary N) is 4. The van der Waals surface area contributed by atoms with Crippen molar-refractivity contribution in [2.75, 3.05) is 13.1 Å². The molecule has 4 rings (SSSR count). The number of rotatable bonds is 6. The Bertz CT molecular complexity index is 1250. The molecule has 0 radical (unpaired) electrons. The third kappa shape index (κ3) is 6.20. The smallest absolute Gasteiger partial charge is 0.408 e. The molecule has 0 bridgehead atoms. The van der Waals surface area contributed by atoms with Gasteiger partial charge in [-0.3, -0.25) is 4.79 Å². The number of halogens is 1. The Kier molecular flexibility index (Phi) is 7.04. The third-order valence-electron chi connectivity index (χ3n) is 6.45. The molecule has 2 amide bonds. The molecule has 1 aromatic heterocycles. The van der Waals surface area contributed by atoms with Crippen molar-refractivity contribution in [3.8, 4) is 11.1 Å². The topological polar surface area (TPSA) is 108 Å². The molecule has 0 saturated carbocycles. The summed E-state index contributed by atoms with van der Waals surface area (Å²) in [4.78, 5) is 32.5. The van der Waals surface area contributed by atoms with Gasteiger partial charge >= 0.3 is 6.09 Å². The van der Waals surface area contributed by atoms with Crippen LogP contribution in [-0.2, 0) is 4.74 Å². The lowest BCUT2D eigenvalue weighted by Crippen LogP contribution is -2.51. The molecule has 9 heteroatoms. The van der Waals surface area contributed by atoms with Gasteiger partial charge in [0, 0.05) is 24.7 Å². The van der Waals surface area contributed by atoms with Gasteiger partial charge in [0.1, 0.15) is 11.4 Å². The molecule has 1 aliphatic rings. The van der Waals surface area contributed by atoms with Crippen molar-refractivity contribution >= 4 is 23.0 Å². The maximum atomic E-state index is 13.2. The van der Waals surface area contributed by atoms with E-state index >= 15 is 0 Å². The second kappa shape index (κ2) is 9.89. The van der Waals surface area contributed by atoms with Crippen LogP contribution in [0.25, 0.3) is 22.2 Å². The van der Waals surface area contributed by atoms with Gasteiger partial charge in [-0.25, -0.2) is 14.2 Å². The minimum absolute atomic E-state index is 0.0770. The van der Waals surface area contributed by atoms with Crippen LogP contribution < -0.4 is 16.0 Å². The highest BCUT2D eigenvalue weighted by Gasteiger charge is 2.38. The van der Waals surface area contributed by atoms with E-state index in [9.17, 15) is 14.0 Å². The molecule has 192 valence electrons. The molecule has 1 saturated heterocycles. The number of aromatic amines is 1. The zero-order valence-corrected chi connectivity index (χ0v) is 21.4. The van der Waals surface area contributed by atoms with E-state index in [0.717, 1.165) is 29.6 Å². The number of benzene rings is 2. The van der Waals surface area contributed by atoms with E-state index in [2.05, 4.69) is 25.9 Å². The summed E-state index contributed by atoms with van der Waals surface area (Å²) in [5, 5.41) is 9.36. The number of amides is 2. The molecular weight excluding hydrogens is 461 g/mol. The van der Waals surface area contributed by atoms with Gasteiger partial charge in [-0.2, -0.15) is 0 Å². The first kappa shape index (κ1) is 25.6. The molecule has 2 aromatic carbocycles. The average molecular weight is 496 g/mol. The second-order valence-electron chi connectivity index (χ2n) is 10.9. The van der Waals surface area contributed by atoms with Crippen molar-refractivity contribution in [2.45, 2.75) is 58.2 Å². The van der Waals surface area contributed by atoms with E-state index in [1.54, 1.807) is 12.1 Å². The van der Waals surface area contributed by atoms with Crippen LogP contribution in [0.5, 0.6) is 0 Å². The van der Waals surface area contributed by atoms with Gasteiger partial charge < -0.3 is 25.7 Å². The van der Waals surface area contributed by atoms with Crippen LogP contribution in [0.2, 0.25) is 0 Å². The van der Waals surface area contributed by atoms with Crippen molar-refractivity contribution in [3.63, 3.8) is 0 Å². The van der Waals surface area contributed by atoms with Gasteiger partial charge in [-0.15, -0.1) is 0 Å². The number of H-pyrrole nitrogens is 1. The zero-order chi connectivity index (χ0) is 26.1. The van der Waals surface area contributed by atoms with Crippen LogP contribution >= 0.6 is 0 Å². The largest absolute Gasteiger partial charge is 0.444 e. The third-order valence-corrected chi connectivity index (χ3v) is 6.45. The summed E-state index contributed by atoms with van der Waals surface area (Å²) in [5.41, 5.74) is 2.18.